The molecule has 0 aliphatic carbocycles. The predicted octanol–water partition coefficient (Wildman–Crippen LogP) is 0.380. The third-order valence-electron chi connectivity index (χ3n) is 1.15. The molecule has 0 radical (unpaired) electrons. The van der Waals surface area contributed by atoms with Gasteiger partial charge in [-0.2, -0.15) is 0 Å². The van der Waals surface area contributed by atoms with Gasteiger partial charge in [-0.15, -0.1) is 0 Å². The van der Waals surface area contributed by atoms with Crippen molar-refractivity contribution in [1.29, 1.82) is 0 Å². The Morgan fingerprint density at radius 1 is 1.50 bits per heavy atom. The van der Waals surface area contributed by atoms with E-state index in [9.17, 15) is 0 Å². The molecular formula is C6H16InN. The summed E-state index contributed by atoms with van der Waals surface area (Å²) in [6.07, 6.45) is 1.41. The SMILES string of the molecule is C[CH]([InH2])CCN(C)C. The first kappa shape index (κ1) is 8.83. The molecule has 0 aliphatic rings. The Morgan fingerprint density at radius 3 is 2.12 bits per heavy atom. The standard InChI is InChI=1S/C6H14N.In.2H/c1-4-5-6-7(2)3;;;/h4H,5-6H2,1-3H3;;;. The molecule has 0 spiro atoms. The van der Waals surface area contributed by atoms with Crippen LogP contribution < -0.4 is 0 Å². The second-order valence-electron chi connectivity index (χ2n) is 2.99. The van der Waals surface area contributed by atoms with E-state index in [-0.39, 0.29) is 0 Å². The molecule has 0 saturated heterocycles. The zero-order valence-corrected chi connectivity index (χ0v) is 12.1. The van der Waals surface area contributed by atoms with Crippen LogP contribution in [0.3, 0.4) is 0 Å². The van der Waals surface area contributed by atoms with Crippen molar-refractivity contribution < 1.29 is 0 Å². The molecule has 0 fully saturated rings. The Hall–Kier alpha value is 0.830. The maximum absolute atomic E-state index is 2.35. The molecular weight excluding hydrogens is 201 g/mol. The Balaban J connectivity index is 2.93. The Kier molecular flexibility index (Phi) is 5.17. The van der Waals surface area contributed by atoms with Gasteiger partial charge in [-0.3, -0.25) is 0 Å². The summed E-state index contributed by atoms with van der Waals surface area (Å²) in [6, 6.07) is 0. The Labute approximate surface area is 67.0 Å². The van der Waals surface area contributed by atoms with Gasteiger partial charge in [-0.25, -0.2) is 0 Å². The van der Waals surface area contributed by atoms with Crippen LogP contribution in [0.5, 0.6) is 0 Å². The molecule has 0 aromatic rings. The average molecular weight is 217 g/mol. The van der Waals surface area contributed by atoms with Gasteiger partial charge in [0.1, 0.15) is 0 Å². The molecule has 0 bridgehead atoms. The number of rotatable bonds is 3. The van der Waals surface area contributed by atoms with Gasteiger partial charge in [0.2, 0.25) is 0 Å². The quantitative estimate of drug-likeness (QED) is 0.660. The molecule has 48 valence electrons. The summed E-state index contributed by atoms with van der Waals surface area (Å²) in [7, 11) is 4.27. The van der Waals surface area contributed by atoms with Gasteiger partial charge >= 0.3 is 66.9 Å². The van der Waals surface area contributed by atoms with E-state index in [2.05, 4.69) is 25.9 Å². The fourth-order valence-corrected chi connectivity index (χ4v) is 1.25. The van der Waals surface area contributed by atoms with Crippen molar-refractivity contribution in [3.8, 4) is 0 Å². The van der Waals surface area contributed by atoms with Gasteiger partial charge in [0, 0.05) is 0 Å². The van der Waals surface area contributed by atoms with Crippen molar-refractivity contribution in [3.63, 3.8) is 0 Å². The van der Waals surface area contributed by atoms with E-state index < -0.39 is 0 Å². The second kappa shape index (κ2) is 4.68. The van der Waals surface area contributed by atoms with E-state index in [0.29, 0.717) is 0 Å². The molecule has 0 aromatic carbocycles. The first-order chi connectivity index (χ1) is 3.63. The molecule has 0 N–H and O–H groups in total. The topological polar surface area (TPSA) is 3.24 Å². The second-order valence-corrected chi connectivity index (χ2v) is 8.61. The third kappa shape index (κ3) is 6.83. The summed E-state index contributed by atoms with van der Waals surface area (Å²) in [5, 5.41) is 0. The fraction of sp³-hybridized carbons (Fsp3) is 1.00. The van der Waals surface area contributed by atoms with Gasteiger partial charge in [-0.1, -0.05) is 0 Å². The van der Waals surface area contributed by atoms with Crippen LogP contribution in [0, 0.1) is 0 Å². The van der Waals surface area contributed by atoms with Crippen LogP contribution >= 0.6 is 0 Å². The third-order valence-corrected chi connectivity index (χ3v) is 2.80. The zero-order chi connectivity index (χ0) is 6.57. The van der Waals surface area contributed by atoms with Gasteiger partial charge in [0.25, 0.3) is 0 Å². The van der Waals surface area contributed by atoms with Crippen molar-refractivity contribution in [3.05, 3.63) is 0 Å². The van der Waals surface area contributed by atoms with E-state index in [0.717, 1.165) is 28.0 Å². The van der Waals surface area contributed by atoms with Gasteiger partial charge in [-0.05, 0) is 0 Å². The van der Waals surface area contributed by atoms with Crippen LogP contribution in [-0.2, 0) is 0 Å². The molecule has 1 atom stereocenters. The molecule has 1 unspecified atom stereocenters. The van der Waals surface area contributed by atoms with Gasteiger partial charge in [0.15, 0.2) is 0 Å². The van der Waals surface area contributed by atoms with Gasteiger partial charge < -0.3 is 0 Å². The Bertz CT molecular complexity index is 44.5. The minimum absolute atomic E-state index is 0.884. The normalized spacial score (nSPS) is 14.5. The molecule has 2 heteroatoms. The van der Waals surface area contributed by atoms with Crippen LogP contribution in [-0.4, -0.2) is 49.9 Å². The van der Waals surface area contributed by atoms with Crippen molar-refractivity contribution in [2.45, 2.75) is 17.0 Å². The van der Waals surface area contributed by atoms with Crippen LogP contribution in [0.1, 0.15) is 13.3 Å². The zero-order valence-electron chi connectivity index (χ0n) is 6.44. The van der Waals surface area contributed by atoms with E-state index in [1.54, 1.807) is 0 Å². The fourth-order valence-electron chi connectivity index (χ4n) is 0.516. The van der Waals surface area contributed by atoms with Crippen molar-refractivity contribution in [2.24, 2.45) is 0 Å². The molecule has 8 heavy (non-hydrogen) atoms. The average Bonchev–Trinajstić information content (AvgIpc) is 1.61. The number of nitrogens with zero attached hydrogens (tertiary/aromatic N) is 1. The predicted molar refractivity (Wildman–Crippen MR) is 41.1 cm³/mol. The van der Waals surface area contributed by atoms with E-state index in [4.69, 9.17) is 0 Å². The summed E-state index contributed by atoms with van der Waals surface area (Å²) in [4.78, 5) is 2.26. The molecule has 0 rings (SSSR count). The monoisotopic (exact) mass is 217 g/mol. The molecule has 0 aliphatic heterocycles. The van der Waals surface area contributed by atoms with Crippen LogP contribution in [0.4, 0.5) is 0 Å². The summed E-state index contributed by atoms with van der Waals surface area (Å²) < 4.78 is 1.05. The van der Waals surface area contributed by atoms with Crippen molar-refractivity contribution >= 4 is 24.4 Å². The van der Waals surface area contributed by atoms with Crippen LogP contribution in [0.2, 0.25) is 3.67 Å². The van der Waals surface area contributed by atoms with Crippen molar-refractivity contribution in [1.82, 2.24) is 4.90 Å². The molecule has 0 saturated carbocycles. The molecule has 0 heterocycles. The summed E-state index contributed by atoms with van der Waals surface area (Å²) >= 11 is 0.884. The van der Waals surface area contributed by atoms with Gasteiger partial charge in [0.05, 0.1) is 0 Å². The van der Waals surface area contributed by atoms with E-state index in [1.807, 2.05) is 0 Å². The van der Waals surface area contributed by atoms with Crippen molar-refractivity contribution in [2.75, 3.05) is 20.6 Å². The number of hydrogen-bond donors (Lipinski definition) is 0. The molecule has 0 amide bonds. The maximum atomic E-state index is 2.35. The Morgan fingerprint density at radius 2 is 2.00 bits per heavy atom. The molecule has 0 aromatic heterocycles. The number of hydrogen-bond acceptors (Lipinski definition) is 1. The first-order valence-corrected chi connectivity index (χ1v) is 6.57. The molecule has 1 nitrogen and oxygen atoms in total. The summed E-state index contributed by atoms with van der Waals surface area (Å²) in [5.74, 6) is 0. The summed E-state index contributed by atoms with van der Waals surface area (Å²) in [5.41, 5.74) is 0. The van der Waals surface area contributed by atoms with Crippen LogP contribution in [0.25, 0.3) is 0 Å². The first-order valence-electron chi connectivity index (χ1n) is 3.27. The summed E-state index contributed by atoms with van der Waals surface area (Å²) in [6.45, 7) is 3.62. The minimum atomic E-state index is 0.884. The van der Waals surface area contributed by atoms with Crippen LogP contribution in [0.15, 0.2) is 0 Å². The van der Waals surface area contributed by atoms with E-state index >= 15 is 0 Å². The van der Waals surface area contributed by atoms with E-state index in [1.165, 1.54) is 13.0 Å².